The highest BCUT2D eigenvalue weighted by atomic mass is 35.5. The van der Waals surface area contributed by atoms with E-state index in [1.807, 2.05) is 30.3 Å². The summed E-state index contributed by atoms with van der Waals surface area (Å²) in [6.07, 6.45) is 3.06. The van der Waals surface area contributed by atoms with E-state index < -0.39 is 6.10 Å². The first-order chi connectivity index (χ1) is 17.8. The van der Waals surface area contributed by atoms with Crippen molar-refractivity contribution in [1.82, 2.24) is 14.9 Å². The van der Waals surface area contributed by atoms with Crippen molar-refractivity contribution in [3.8, 4) is 0 Å². The lowest BCUT2D eigenvalue weighted by molar-refractivity contribution is -0.117. The minimum atomic E-state index is -0.470. The molecule has 1 saturated carbocycles. The lowest BCUT2D eigenvalue weighted by atomic mass is 9.95. The van der Waals surface area contributed by atoms with Gasteiger partial charge in [-0.15, -0.1) is 0 Å². The van der Waals surface area contributed by atoms with E-state index in [0.29, 0.717) is 24.1 Å². The molecule has 4 heterocycles. The maximum absolute atomic E-state index is 13.0. The van der Waals surface area contributed by atoms with Crippen LogP contribution in [0, 0.1) is 11.8 Å². The molecule has 3 fully saturated rings. The maximum atomic E-state index is 13.0. The van der Waals surface area contributed by atoms with Crippen LogP contribution in [0.1, 0.15) is 25.5 Å². The number of carbonyl (C=O) groups excluding carboxylic acids is 1. The Hall–Kier alpha value is -2.78. The number of rotatable bonds is 5. The van der Waals surface area contributed by atoms with E-state index in [0.717, 1.165) is 48.3 Å². The SMILES string of the molecule is CC1C(C(=O)Nc2cc3cc(N4CCN([C@@]5(C)COC[C@H]5O)CC4)c(Cl)cc3cn2)C1c1ccccn1. The van der Waals surface area contributed by atoms with E-state index in [2.05, 4.69) is 45.0 Å². The summed E-state index contributed by atoms with van der Waals surface area (Å²) in [5.74, 6) is 0.808. The van der Waals surface area contributed by atoms with Gasteiger partial charge in [0.15, 0.2) is 0 Å². The summed E-state index contributed by atoms with van der Waals surface area (Å²) < 4.78 is 5.53. The zero-order valence-electron chi connectivity index (χ0n) is 21.1. The van der Waals surface area contributed by atoms with Gasteiger partial charge in [-0.05, 0) is 48.6 Å². The van der Waals surface area contributed by atoms with Crippen LogP contribution in [0.5, 0.6) is 0 Å². The molecule has 2 N–H and O–H groups in total. The number of ether oxygens (including phenoxy) is 1. The second-order valence-electron chi connectivity index (χ2n) is 10.7. The Morgan fingerprint density at radius 2 is 1.97 bits per heavy atom. The van der Waals surface area contributed by atoms with Crippen molar-refractivity contribution in [2.75, 3.05) is 49.6 Å². The molecule has 2 aromatic heterocycles. The number of aliphatic hydroxyl groups is 1. The molecule has 0 radical (unpaired) electrons. The number of carbonyl (C=O) groups is 1. The number of aromatic nitrogens is 2. The molecule has 3 aliphatic rings. The van der Waals surface area contributed by atoms with Crippen molar-refractivity contribution >= 4 is 39.8 Å². The molecule has 5 atom stereocenters. The molecule has 3 unspecified atom stereocenters. The predicted octanol–water partition coefficient (Wildman–Crippen LogP) is 3.54. The highest BCUT2D eigenvalue weighted by molar-refractivity contribution is 6.34. The number of fused-ring (bicyclic) bond motifs is 1. The fourth-order valence-corrected chi connectivity index (χ4v) is 6.27. The van der Waals surface area contributed by atoms with Gasteiger partial charge in [-0.3, -0.25) is 14.7 Å². The van der Waals surface area contributed by atoms with Crippen molar-refractivity contribution in [1.29, 1.82) is 0 Å². The smallest absolute Gasteiger partial charge is 0.229 e. The topological polar surface area (TPSA) is 90.8 Å². The Bertz CT molecular complexity index is 1320. The van der Waals surface area contributed by atoms with E-state index >= 15 is 0 Å². The van der Waals surface area contributed by atoms with Gasteiger partial charge in [0, 0.05) is 55.6 Å². The highest BCUT2D eigenvalue weighted by Crippen LogP contribution is 2.53. The Balaban J connectivity index is 1.16. The van der Waals surface area contributed by atoms with E-state index in [9.17, 15) is 9.90 Å². The van der Waals surface area contributed by atoms with Crippen LogP contribution >= 0.6 is 11.6 Å². The van der Waals surface area contributed by atoms with Crippen LogP contribution < -0.4 is 10.2 Å². The molecule has 1 aliphatic carbocycles. The molecule has 1 aromatic carbocycles. The molecule has 8 nitrogen and oxygen atoms in total. The van der Waals surface area contributed by atoms with Crippen LogP contribution in [0.2, 0.25) is 5.02 Å². The number of amides is 1. The van der Waals surface area contributed by atoms with Crippen LogP contribution in [0.25, 0.3) is 10.8 Å². The fraction of sp³-hybridized carbons (Fsp3) is 0.464. The zero-order chi connectivity index (χ0) is 25.7. The lowest BCUT2D eigenvalue weighted by Gasteiger charge is -2.45. The highest BCUT2D eigenvalue weighted by Gasteiger charge is 2.53. The number of nitrogens with one attached hydrogen (secondary N) is 1. The molecule has 2 saturated heterocycles. The van der Waals surface area contributed by atoms with Gasteiger partial charge in [-0.25, -0.2) is 4.98 Å². The molecule has 0 bridgehead atoms. The van der Waals surface area contributed by atoms with Crippen molar-refractivity contribution in [2.24, 2.45) is 11.8 Å². The minimum Gasteiger partial charge on any atom is -0.389 e. The summed E-state index contributed by atoms with van der Waals surface area (Å²) in [5.41, 5.74) is 1.59. The van der Waals surface area contributed by atoms with E-state index in [1.165, 1.54) is 0 Å². The van der Waals surface area contributed by atoms with Crippen LogP contribution in [-0.2, 0) is 9.53 Å². The first-order valence-electron chi connectivity index (χ1n) is 12.9. The van der Waals surface area contributed by atoms with E-state index in [-0.39, 0.29) is 29.2 Å². The number of halogens is 1. The van der Waals surface area contributed by atoms with E-state index in [4.69, 9.17) is 16.3 Å². The Morgan fingerprint density at radius 1 is 1.16 bits per heavy atom. The number of hydrogen-bond acceptors (Lipinski definition) is 7. The van der Waals surface area contributed by atoms with Crippen molar-refractivity contribution in [3.05, 3.63) is 59.5 Å². The summed E-state index contributed by atoms with van der Waals surface area (Å²) in [7, 11) is 0. The van der Waals surface area contributed by atoms with Gasteiger partial charge >= 0.3 is 0 Å². The zero-order valence-corrected chi connectivity index (χ0v) is 21.9. The lowest BCUT2D eigenvalue weighted by Crippen LogP contribution is -2.60. The largest absolute Gasteiger partial charge is 0.389 e. The second kappa shape index (κ2) is 9.51. The van der Waals surface area contributed by atoms with Crippen molar-refractivity contribution in [3.63, 3.8) is 0 Å². The summed E-state index contributed by atoms with van der Waals surface area (Å²) >= 11 is 6.70. The standard InChI is InChI=1S/C28H32ClN5O3/c1-17-25(21-5-3-4-6-30-21)26(17)27(36)32-24-13-18-12-22(20(29)11-19(18)14-31-24)33-7-9-34(10-8-33)28(2)16-37-15-23(28)35/h3-6,11-14,17,23,25-26,35H,7-10,15-16H2,1-2H3,(H,31,32,36)/t17?,23-,25?,26?,28+/m1/s1. The molecule has 0 spiro atoms. The summed E-state index contributed by atoms with van der Waals surface area (Å²) in [6.45, 7) is 8.35. The van der Waals surface area contributed by atoms with Gasteiger partial charge in [0.25, 0.3) is 0 Å². The number of benzene rings is 1. The number of piperazine rings is 1. The van der Waals surface area contributed by atoms with Gasteiger partial charge in [0.1, 0.15) is 5.82 Å². The number of hydrogen-bond donors (Lipinski definition) is 2. The Morgan fingerprint density at radius 3 is 2.68 bits per heavy atom. The average Bonchev–Trinajstić information content (AvgIpc) is 3.47. The molecule has 37 heavy (non-hydrogen) atoms. The normalized spacial score (nSPS) is 30.0. The molecular formula is C28H32ClN5O3. The van der Waals surface area contributed by atoms with Gasteiger partial charge in [0.05, 0.1) is 41.5 Å². The molecule has 194 valence electrons. The Labute approximate surface area is 221 Å². The Kier molecular flexibility index (Phi) is 6.31. The number of nitrogens with zero attached hydrogens (tertiary/aromatic N) is 4. The van der Waals surface area contributed by atoms with Gasteiger partial charge < -0.3 is 20.1 Å². The summed E-state index contributed by atoms with van der Waals surface area (Å²) in [6, 6.07) is 11.8. The number of pyridine rings is 2. The quantitative estimate of drug-likeness (QED) is 0.530. The third-order valence-corrected chi connectivity index (χ3v) is 8.78. The fourth-order valence-electron chi connectivity index (χ4n) is 5.98. The van der Waals surface area contributed by atoms with Gasteiger partial charge in [-0.2, -0.15) is 0 Å². The van der Waals surface area contributed by atoms with Gasteiger partial charge in [0.2, 0.25) is 5.91 Å². The van der Waals surface area contributed by atoms with Crippen molar-refractivity contribution in [2.45, 2.75) is 31.4 Å². The molecule has 3 aromatic rings. The second-order valence-corrected chi connectivity index (χ2v) is 11.1. The van der Waals surface area contributed by atoms with Crippen LogP contribution in [0.4, 0.5) is 11.5 Å². The molecular weight excluding hydrogens is 490 g/mol. The predicted molar refractivity (Wildman–Crippen MR) is 144 cm³/mol. The van der Waals surface area contributed by atoms with E-state index in [1.54, 1.807) is 12.4 Å². The van der Waals surface area contributed by atoms with Crippen LogP contribution in [0.15, 0.2) is 48.8 Å². The molecule has 1 amide bonds. The third kappa shape index (κ3) is 4.46. The van der Waals surface area contributed by atoms with Crippen LogP contribution in [0.3, 0.4) is 0 Å². The molecule has 2 aliphatic heterocycles. The average molecular weight is 522 g/mol. The summed E-state index contributed by atoms with van der Waals surface area (Å²) in [4.78, 5) is 26.5. The number of anilines is 2. The molecule has 9 heteroatoms. The minimum absolute atomic E-state index is 0.0214. The first kappa shape index (κ1) is 24.6. The monoisotopic (exact) mass is 521 g/mol. The third-order valence-electron chi connectivity index (χ3n) is 8.48. The molecule has 6 rings (SSSR count). The first-order valence-corrected chi connectivity index (χ1v) is 13.3. The van der Waals surface area contributed by atoms with Crippen molar-refractivity contribution < 1.29 is 14.6 Å². The van der Waals surface area contributed by atoms with Gasteiger partial charge in [-0.1, -0.05) is 24.6 Å². The summed E-state index contributed by atoms with van der Waals surface area (Å²) in [5, 5.41) is 16.0. The number of aliphatic hydroxyl groups excluding tert-OH is 1. The maximum Gasteiger partial charge on any atom is 0.229 e. The van der Waals surface area contributed by atoms with Crippen LogP contribution in [-0.4, -0.2) is 76.9 Å².